The number of nitrogens with one attached hydrogen (secondary N) is 1. The Hall–Kier alpha value is -2.02. The summed E-state index contributed by atoms with van der Waals surface area (Å²) in [5.41, 5.74) is 1.07. The van der Waals surface area contributed by atoms with Gasteiger partial charge in [-0.2, -0.15) is 0 Å². The van der Waals surface area contributed by atoms with E-state index in [1.165, 1.54) is 0 Å². The largest absolute Gasteiger partial charge is 0.547 e. The minimum absolute atomic E-state index is 0.0438. The molecule has 2 N–H and O–H groups in total. The van der Waals surface area contributed by atoms with Crippen molar-refractivity contribution in [2.45, 2.75) is 32.1 Å². The smallest absolute Gasteiger partial charge is 0.534 e. The molecule has 1 fully saturated rings. The van der Waals surface area contributed by atoms with Crippen LogP contribution >= 0.6 is 0 Å². The van der Waals surface area contributed by atoms with Gasteiger partial charge in [-0.25, -0.2) is 4.79 Å². The van der Waals surface area contributed by atoms with Crippen LogP contribution in [0.25, 0.3) is 0 Å². The first-order valence-corrected chi connectivity index (χ1v) is 7.54. The molecule has 6 nitrogen and oxygen atoms in total. The van der Waals surface area contributed by atoms with Gasteiger partial charge in [-0.05, 0) is 37.8 Å². The maximum Gasteiger partial charge on any atom is 0.547 e. The Morgan fingerprint density at radius 2 is 2.23 bits per heavy atom. The lowest BCUT2D eigenvalue weighted by Crippen LogP contribution is -2.53. The van der Waals surface area contributed by atoms with Crippen LogP contribution in [0, 0.1) is 5.92 Å². The molecule has 7 heteroatoms. The van der Waals surface area contributed by atoms with E-state index in [4.69, 9.17) is 9.39 Å². The van der Waals surface area contributed by atoms with E-state index in [0.717, 1.165) is 18.4 Å². The number of hydrogen-bond donors (Lipinski definition) is 2. The van der Waals surface area contributed by atoms with E-state index in [2.05, 4.69) is 5.32 Å². The van der Waals surface area contributed by atoms with Crippen LogP contribution < -0.4 is 9.97 Å². The average Bonchev–Trinajstić information content (AvgIpc) is 3.32. The van der Waals surface area contributed by atoms with E-state index in [0.29, 0.717) is 17.7 Å². The number of rotatable bonds is 4. The predicted molar refractivity (Wildman–Crippen MR) is 79.4 cm³/mol. The van der Waals surface area contributed by atoms with Crippen molar-refractivity contribution in [3.63, 3.8) is 0 Å². The van der Waals surface area contributed by atoms with Crippen molar-refractivity contribution in [1.82, 2.24) is 5.32 Å². The van der Waals surface area contributed by atoms with Crippen molar-refractivity contribution in [3.8, 4) is 5.75 Å². The number of benzene rings is 1. The molecule has 3 rings (SSSR count). The molecule has 1 amide bonds. The minimum Gasteiger partial charge on any atom is -0.534 e. The van der Waals surface area contributed by atoms with Crippen molar-refractivity contribution in [2.24, 2.45) is 5.92 Å². The third-order valence-corrected chi connectivity index (χ3v) is 3.89. The molecule has 1 aliphatic carbocycles. The van der Waals surface area contributed by atoms with Crippen LogP contribution in [0.4, 0.5) is 0 Å². The molecule has 116 valence electrons. The molecular weight excluding hydrogens is 285 g/mol. The van der Waals surface area contributed by atoms with Crippen molar-refractivity contribution in [3.05, 3.63) is 29.3 Å². The molecule has 1 saturated carbocycles. The number of hydrogen-bond acceptors (Lipinski definition) is 5. The SMILES string of the molecule is CCOC(=O)c1cccc2c1OB(O)[C@@H](NC(=O)C1CC1)C2. The normalized spacial score (nSPS) is 19.9. The number of carbonyl (C=O) groups is 2. The van der Waals surface area contributed by atoms with Crippen LogP contribution in [-0.4, -0.2) is 36.6 Å². The molecule has 1 aromatic carbocycles. The standard InChI is InChI=1S/C15H18BNO5/c1-2-21-15(19)11-5-3-4-10-8-12(16(20)22-13(10)11)17-14(18)9-6-7-9/h3-5,9,12,20H,2,6-8H2,1H3,(H,17,18)/t12-/m0/s1. The van der Waals surface area contributed by atoms with Gasteiger partial charge in [0.1, 0.15) is 11.3 Å². The molecule has 0 unspecified atom stereocenters. The van der Waals surface area contributed by atoms with Crippen LogP contribution in [0.5, 0.6) is 5.75 Å². The fourth-order valence-corrected chi connectivity index (χ4v) is 2.56. The molecule has 0 saturated heterocycles. The first-order valence-electron chi connectivity index (χ1n) is 7.54. The fraction of sp³-hybridized carbons (Fsp3) is 0.467. The number of carbonyl (C=O) groups excluding carboxylic acids is 2. The molecular formula is C15H18BNO5. The molecule has 22 heavy (non-hydrogen) atoms. The Bertz CT molecular complexity index is 602. The summed E-state index contributed by atoms with van der Waals surface area (Å²) in [7, 11) is -1.18. The monoisotopic (exact) mass is 303 g/mol. The van der Waals surface area contributed by atoms with Crippen LogP contribution in [0.2, 0.25) is 0 Å². The van der Waals surface area contributed by atoms with E-state index >= 15 is 0 Å². The van der Waals surface area contributed by atoms with Gasteiger partial charge in [-0.1, -0.05) is 12.1 Å². The van der Waals surface area contributed by atoms with Gasteiger partial charge >= 0.3 is 13.1 Å². The first-order chi connectivity index (χ1) is 10.6. The number of amides is 1. The van der Waals surface area contributed by atoms with E-state index in [9.17, 15) is 14.6 Å². The van der Waals surface area contributed by atoms with Gasteiger partial charge in [0, 0.05) is 5.92 Å². The molecule has 2 aliphatic rings. The molecule has 0 bridgehead atoms. The average molecular weight is 303 g/mol. The topological polar surface area (TPSA) is 84.9 Å². The molecule has 1 atom stereocenters. The lowest BCUT2D eigenvalue weighted by Gasteiger charge is -2.29. The second-order valence-corrected chi connectivity index (χ2v) is 5.62. The van der Waals surface area contributed by atoms with E-state index in [-0.39, 0.29) is 18.4 Å². The summed E-state index contributed by atoms with van der Waals surface area (Å²) in [6.45, 7) is 2.00. The van der Waals surface area contributed by atoms with Crippen molar-refractivity contribution < 1.29 is 24.0 Å². The third kappa shape index (κ3) is 2.94. The summed E-state index contributed by atoms with van der Waals surface area (Å²) in [5, 5.41) is 12.9. The Kier molecular flexibility index (Phi) is 4.07. The number of esters is 1. The quantitative estimate of drug-likeness (QED) is 0.632. The number of para-hydroxylation sites is 1. The molecule has 1 aliphatic heterocycles. The van der Waals surface area contributed by atoms with Gasteiger partial charge in [0.15, 0.2) is 0 Å². The van der Waals surface area contributed by atoms with Crippen molar-refractivity contribution in [1.29, 1.82) is 0 Å². The number of ether oxygens (including phenoxy) is 1. The molecule has 1 heterocycles. The Morgan fingerprint density at radius 3 is 2.91 bits per heavy atom. The highest BCUT2D eigenvalue weighted by Gasteiger charge is 2.40. The third-order valence-electron chi connectivity index (χ3n) is 3.89. The van der Waals surface area contributed by atoms with Crippen LogP contribution in [0.1, 0.15) is 35.7 Å². The summed E-state index contributed by atoms with van der Waals surface area (Å²) >= 11 is 0. The van der Waals surface area contributed by atoms with Gasteiger partial charge < -0.3 is 19.7 Å². The fourth-order valence-electron chi connectivity index (χ4n) is 2.56. The van der Waals surface area contributed by atoms with Crippen molar-refractivity contribution in [2.75, 3.05) is 6.61 Å². The summed E-state index contributed by atoms with van der Waals surface area (Å²) in [6, 6.07) is 5.17. The Balaban J connectivity index is 1.79. The highest BCUT2D eigenvalue weighted by Crippen LogP contribution is 2.32. The zero-order valence-electron chi connectivity index (χ0n) is 12.4. The van der Waals surface area contributed by atoms with Crippen molar-refractivity contribution >= 4 is 19.0 Å². The lowest BCUT2D eigenvalue weighted by atomic mass is 9.72. The first kappa shape index (κ1) is 14.9. The molecule has 0 spiro atoms. The maximum absolute atomic E-state index is 11.9. The van der Waals surface area contributed by atoms with E-state index in [1.807, 2.05) is 6.07 Å². The minimum atomic E-state index is -1.18. The summed E-state index contributed by atoms with van der Waals surface area (Å²) in [6.07, 6.45) is 2.22. The van der Waals surface area contributed by atoms with Gasteiger partial charge in [0.05, 0.1) is 12.5 Å². The highest BCUT2D eigenvalue weighted by atomic mass is 16.5. The van der Waals surface area contributed by atoms with Crippen LogP contribution in [0.3, 0.4) is 0 Å². The summed E-state index contributed by atoms with van der Waals surface area (Å²) < 4.78 is 10.5. The van der Waals surface area contributed by atoms with E-state index < -0.39 is 19.0 Å². The zero-order chi connectivity index (χ0) is 15.7. The van der Waals surface area contributed by atoms with Gasteiger partial charge in [0.2, 0.25) is 5.91 Å². The van der Waals surface area contributed by atoms with Gasteiger partial charge in [-0.15, -0.1) is 0 Å². The Morgan fingerprint density at radius 1 is 1.45 bits per heavy atom. The maximum atomic E-state index is 11.9. The zero-order valence-corrected chi connectivity index (χ0v) is 12.4. The number of fused-ring (bicyclic) bond motifs is 1. The van der Waals surface area contributed by atoms with Crippen LogP contribution in [-0.2, 0) is 16.0 Å². The van der Waals surface area contributed by atoms with Gasteiger partial charge in [0.25, 0.3) is 0 Å². The summed E-state index contributed by atoms with van der Waals surface area (Å²) in [5.74, 6) is -0.618. The molecule has 0 aromatic heterocycles. The van der Waals surface area contributed by atoms with E-state index in [1.54, 1.807) is 19.1 Å². The highest BCUT2D eigenvalue weighted by molar-refractivity contribution is 6.47. The summed E-state index contributed by atoms with van der Waals surface area (Å²) in [4.78, 5) is 23.8. The second kappa shape index (κ2) is 6.00. The lowest BCUT2D eigenvalue weighted by molar-refractivity contribution is -0.122. The van der Waals surface area contributed by atoms with Crippen LogP contribution in [0.15, 0.2) is 18.2 Å². The molecule has 1 aromatic rings. The molecule has 0 radical (unpaired) electrons. The predicted octanol–water partition coefficient (Wildman–Crippen LogP) is 0.713. The Labute approximate surface area is 128 Å². The second-order valence-electron chi connectivity index (χ2n) is 5.62. The van der Waals surface area contributed by atoms with Gasteiger partial charge in [-0.3, -0.25) is 4.79 Å².